The fraction of sp³-hybridized carbons (Fsp3) is 0.200. The summed E-state index contributed by atoms with van der Waals surface area (Å²) < 4.78 is 3.05. The number of aromatic hydroxyl groups is 1. The quantitative estimate of drug-likeness (QED) is 0.666. The molecular formula is C15H16ClN5O2. The number of primary amides is 1. The summed E-state index contributed by atoms with van der Waals surface area (Å²) >= 11 is 6.25. The molecule has 0 aliphatic carbocycles. The Bertz CT molecular complexity index is 971. The van der Waals surface area contributed by atoms with Crippen molar-refractivity contribution in [1.29, 1.82) is 0 Å². The average Bonchev–Trinajstić information content (AvgIpc) is 2.91. The molecule has 1 aromatic carbocycles. The summed E-state index contributed by atoms with van der Waals surface area (Å²) in [6.07, 6.45) is 0. The minimum Gasteiger partial charge on any atom is -0.508 e. The molecule has 0 aliphatic heterocycles. The van der Waals surface area contributed by atoms with Crippen molar-refractivity contribution in [2.24, 2.45) is 12.8 Å². The highest BCUT2D eigenvalue weighted by Gasteiger charge is 2.27. The number of benzene rings is 1. The second-order valence-electron chi connectivity index (χ2n) is 5.45. The van der Waals surface area contributed by atoms with Crippen LogP contribution in [0.3, 0.4) is 0 Å². The van der Waals surface area contributed by atoms with Gasteiger partial charge in [-0.15, -0.1) is 0 Å². The van der Waals surface area contributed by atoms with Gasteiger partial charge in [0.1, 0.15) is 16.7 Å². The third kappa shape index (κ3) is 1.97. The standard InChI is InChI=1S/C15H16ClN5O2/c1-6-4-5-8(22)7(2)11(6)21-13(17)10(14(18)23)9-12(16)20(3)19-15(9)21/h4-5,22H,17H2,1-3H3,(H2,18,23). The number of carbonyl (C=O) groups excluding carboxylic acids is 1. The van der Waals surface area contributed by atoms with Crippen LogP contribution in [0.4, 0.5) is 5.82 Å². The number of phenols is 1. The van der Waals surface area contributed by atoms with E-state index in [1.807, 2.05) is 6.92 Å². The summed E-state index contributed by atoms with van der Waals surface area (Å²) in [4.78, 5) is 11.9. The van der Waals surface area contributed by atoms with Crippen molar-refractivity contribution in [2.45, 2.75) is 13.8 Å². The van der Waals surface area contributed by atoms with Gasteiger partial charge in [0.2, 0.25) is 0 Å². The van der Waals surface area contributed by atoms with Crippen molar-refractivity contribution in [2.75, 3.05) is 5.73 Å². The van der Waals surface area contributed by atoms with Gasteiger partial charge in [-0.3, -0.25) is 14.0 Å². The number of fused-ring (bicyclic) bond motifs is 1. The minimum absolute atomic E-state index is 0.120. The van der Waals surface area contributed by atoms with E-state index in [2.05, 4.69) is 5.10 Å². The molecule has 3 aromatic rings. The number of phenolic OH excluding ortho intramolecular Hbond substituents is 1. The van der Waals surface area contributed by atoms with E-state index in [9.17, 15) is 9.90 Å². The van der Waals surface area contributed by atoms with Crippen LogP contribution in [0.2, 0.25) is 5.15 Å². The number of rotatable bonds is 2. The molecular weight excluding hydrogens is 318 g/mol. The molecule has 3 rings (SSSR count). The molecule has 0 unspecified atom stereocenters. The second kappa shape index (κ2) is 4.92. The number of halogens is 1. The van der Waals surface area contributed by atoms with Crippen LogP contribution in [0.1, 0.15) is 21.5 Å². The Kier molecular flexibility index (Phi) is 3.26. The number of carbonyl (C=O) groups is 1. The van der Waals surface area contributed by atoms with Crippen LogP contribution in [-0.4, -0.2) is 25.4 Å². The molecule has 0 bridgehead atoms. The van der Waals surface area contributed by atoms with E-state index in [1.165, 1.54) is 4.68 Å². The highest BCUT2D eigenvalue weighted by Crippen LogP contribution is 2.38. The molecule has 2 aromatic heterocycles. The lowest BCUT2D eigenvalue weighted by molar-refractivity contribution is 0.100. The fourth-order valence-corrected chi connectivity index (χ4v) is 3.08. The van der Waals surface area contributed by atoms with E-state index >= 15 is 0 Å². The molecule has 7 nitrogen and oxygen atoms in total. The van der Waals surface area contributed by atoms with Gasteiger partial charge < -0.3 is 16.6 Å². The van der Waals surface area contributed by atoms with Gasteiger partial charge in [0.25, 0.3) is 5.91 Å². The number of aryl methyl sites for hydroxylation is 2. The van der Waals surface area contributed by atoms with Gasteiger partial charge in [-0.05, 0) is 25.5 Å². The molecule has 0 atom stereocenters. The fourth-order valence-electron chi connectivity index (χ4n) is 2.86. The first kappa shape index (κ1) is 15.2. The topological polar surface area (TPSA) is 112 Å². The SMILES string of the molecule is Cc1ccc(O)c(C)c1-n1c(N)c(C(N)=O)c2c(Cl)n(C)nc21. The third-order valence-electron chi connectivity index (χ3n) is 3.99. The lowest BCUT2D eigenvalue weighted by atomic mass is 10.1. The number of aromatic nitrogens is 3. The van der Waals surface area contributed by atoms with Crippen molar-refractivity contribution in [3.63, 3.8) is 0 Å². The van der Waals surface area contributed by atoms with Crippen LogP contribution in [0.25, 0.3) is 16.7 Å². The van der Waals surface area contributed by atoms with E-state index in [4.69, 9.17) is 23.1 Å². The molecule has 1 amide bonds. The Morgan fingerprint density at radius 2 is 2.00 bits per heavy atom. The summed E-state index contributed by atoms with van der Waals surface area (Å²) in [6, 6.07) is 3.36. The summed E-state index contributed by atoms with van der Waals surface area (Å²) in [5.41, 5.74) is 14.3. The van der Waals surface area contributed by atoms with Crippen LogP contribution in [0.15, 0.2) is 12.1 Å². The third-order valence-corrected chi connectivity index (χ3v) is 4.43. The lowest BCUT2D eigenvalue weighted by Gasteiger charge is -2.15. The molecule has 0 saturated carbocycles. The van der Waals surface area contributed by atoms with Crippen LogP contribution in [0.5, 0.6) is 5.75 Å². The molecule has 2 heterocycles. The van der Waals surface area contributed by atoms with E-state index in [0.717, 1.165) is 5.56 Å². The zero-order chi connectivity index (χ0) is 17.0. The van der Waals surface area contributed by atoms with Gasteiger partial charge in [-0.2, -0.15) is 5.10 Å². The van der Waals surface area contributed by atoms with Gasteiger partial charge >= 0.3 is 0 Å². The summed E-state index contributed by atoms with van der Waals surface area (Å²) in [6.45, 7) is 3.64. The molecule has 0 spiro atoms. The van der Waals surface area contributed by atoms with Gasteiger partial charge in [0, 0.05) is 12.6 Å². The second-order valence-corrected chi connectivity index (χ2v) is 5.81. The predicted octanol–water partition coefficient (Wildman–Crippen LogP) is 2.02. The van der Waals surface area contributed by atoms with Crippen molar-refractivity contribution in [1.82, 2.24) is 14.3 Å². The average molecular weight is 334 g/mol. The maximum absolute atomic E-state index is 11.9. The van der Waals surface area contributed by atoms with Crippen molar-refractivity contribution >= 4 is 34.4 Å². The summed E-state index contributed by atoms with van der Waals surface area (Å²) in [7, 11) is 1.66. The largest absolute Gasteiger partial charge is 0.508 e. The monoisotopic (exact) mass is 333 g/mol. The first-order chi connectivity index (χ1) is 10.8. The minimum atomic E-state index is -0.684. The van der Waals surface area contributed by atoms with Crippen LogP contribution in [-0.2, 0) is 7.05 Å². The number of amides is 1. The lowest BCUT2D eigenvalue weighted by Crippen LogP contribution is -2.14. The maximum atomic E-state index is 11.9. The van der Waals surface area contributed by atoms with E-state index in [0.29, 0.717) is 22.3 Å². The van der Waals surface area contributed by atoms with Crippen molar-refractivity contribution in [3.05, 3.63) is 34.0 Å². The number of hydrogen-bond acceptors (Lipinski definition) is 4. The summed E-state index contributed by atoms with van der Waals surface area (Å²) in [5.74, 6) is -0.416. The van der Waals surface area contributed by atoms with Crippen molar-refractivity contribution in [3.8, 4) is 11.4 Å². The Morgan fingerprint density at radius 1 is 1.35 bits per heavy atom. The number of nitrogens with zero attached hydrogens (tertiary/aromatic N) is 3. The van der Waals surface area contributed by atoms with E-state index in [-0.39, 0.29) is 22.3 Å². The van der Waals surface area contributed by atoms with E-state index < -0.39 is 5.91 Å². The molecule has 0 fully saturated rings. The highest BCUT2D eigenvalue weighted by molar-refractivity contribution is 6.36. The van der Waals surface area contributed by atoms with Crippen LogP contribution in [0, 0.1) is 13.8 Å². The van der Waals surface area contributed by atoms with Gasteiger partial charge in [0.15, 0.2) is 5.65 Å². The zero-order valence-corrected chi connectivity index (χ0v) is 13.6. The number of nitrogens with two attached hydrogens (primary N) is 2. The predicted molar refractivity (Wildman–Crippen MR) is 89.1 cm³/mol. The number of hydrogen-bond donors (Lipinski definition) is 3. The first-order valence-corrected chi connectivity index (χ1v) is 7.25. The molecule has 0 radical (unpaired) electrons. The molecule has 0 aliphatic rings. The van der Waals surface area contributed by atoms with Gasteiger partial charge in [-0.25, -0.2) is 0 Å². The maximum Gasteiger partial charge on any atom is 0.253 e. The molecule has 120 valence electrons. The Balaban J connectivity index is 2.54. The van der Waals surface area contributed by atoms with Crippen molar-refractivity contribution < 1.29 is 9.90 Å². The van der Waals surface area contributed by atoms with Crippen LogP contribution >= 0.6 is 11.6 Å². The molecule has 5 N–H and O–H groups in total. The zero-order valence-electron chi connectivity index (χ0n) is 12.9. The molecule has 8 heteroatoms. The first-order valence-electron chi connectivity index (χ1n) is 6.87. The van der Waals surface area contributed by atoms with Gasteiger partial charge in [-0.1, -0.05) is 17.7 Å². The molecule has 23 heavy (non-hydrogen) atoms. The molecule has 0 saturated heterocycles. The van der Waals surface area contributed by atoms with Crippen LogP contribution < -0.4 is 11.5 Å². The Morgan fingerprint density at radius 3 is 2.61 bits per heavy atom. The normalized spacial score (nSPS) is 11.3. The Hall–Kier alpha value is -2.67. The number of anilines is 1. The summed E-state index contributed by atoms with van der Waals surface area (Å²) in [5, 5.41) is 15.0. The number of nitrogen functional groups attached to an aromatic ring is 1. The van der Waals surface area contributed by atoms with E-state index in [1.54, 1.807) is 30.7 Å². The van der Waals surface area contributed by atoms with Gasteiger partial charge in [0.05, 0.1) is 16.6 Å². The smallest absolute Gasteiger partial charge is 0.253 e. The highest BCUT2D eigenvalue weighted by atomic mass is 35.5. The Labute approximate surface area is 137 Å².